The molecule has 0 aromatic rings. The Labute approximate surface area is 163 Å². The van der Waals surface area contributed by atoms with Crippen LogP contribution in [-0.4, -0.2) is 113 Å². The molecule has 10 heavy (non-hydrogen) atoms. The number of hydrogen-bond donors (Lipinski definition) is 0. The zero-order chi connectivity index (χ0) is 4.50. The fourth-order valence-electron chi connectivity index (χ4n) is 0. The molecule has 0 atom stereocenters. The Morgan fingerprint density at radius 1 is 0.900 bits per heavy atom. The molecule has 0 fully saturated rings. The Morgan fingerprint density at radius 3 is 0.900 bits per heavy atom. The SMILES string of the molecule is O=P([O-])([O-])[O-].[Ca+2].[Ca+2].[Ca+2].[O-2].[Ti+4]. The van der Waals surface area contributed by atoms with Gasteiger partial charge in [0.05, 0.1) is 0 Å². The summed E-state index contributed by atoms with van der Waals surface area (Å²) in [5, 5.41) is 0. The van der Waals surface area contributed by atoms with Crippen molar-refractivity contribution >= 4 is 121 Å². The first kappa shape index (κ1) is 36.5. The van der Waals surface area contributed by atoms with Crippen molar-refractivity contribution in [2.75, 3.05) is 0 Å². The Kier molecular flexibility index (Phi) is 70.1. The predicted octanol–water partition coefficient (Wildman–Crippen LogP) is -4.09. The van der Waals surface area contributed by atoms with E-state index < -0.39 is 7.82 Å². The van der Waals surface area contributed by atoms with Gasteiger partial charge >= 0.3 is 135 Å². The summed E-state index contributed by atoms with van der Waals surface area (Å²) in [7, 11) is -5.39. The normalized spacial score (nSPS) is 5.90. The minimum Gasteiger partial charge on any atom is -2.00 e. The topological polar surface area (TPSA) is 115 Å². The minimum atomic E-state index is -5.39. The molecule has 0 aliphatic carbocycles. The molecule has 40 valence electrons. The van der Waals surface area contributed by atoms with Crippen molar-refractivity contribution in [3.63, 3.8) is 0 Å². The van der Waals surface area contributed by atoms with E-state index in [1.807, 2.05) is 0 Å². The van der Waals surface area contributed by atoms with E-state index >= 15 is 0 Å². The van der Waals surface area contributed by atoms with E-state index in [-0.39, 0.29) is 140 Å². The van der Waals surface area contributed by atoms with Gasteiger partial charge in [-0.3, -0.25) is 0 Å². The van der Waals surface area contributed by atoms with Crippen molar-refractivity contribution < 1.29 is 46.4 Å². The van der Waals surface area contributed by atoms with Crippen molar-refractivity contribution in [2.45, 2.75) is 0 Å². The summed E-state index contributed by atoms with van der Waals surface area (Å²) in [6.45, 7) is 0. The van der Waals surface area contributed by atoms with Gasteiger partial charge in [-0.05, 0) is 0 Å². The third kappa shape index (κ3) is 80.7. The summed E-state index contributed by atoms with van der Waals surface area (Å²) in [4.78, 5) is 25.6. The van der Waals surface area contributed by atoms with Gasteiger partial charge in [0.2, 0.25) is 0 Å². The molecule has 0 amide bonds. The van der Waals surface area contributed by atoms with Crippen LogP contribution in [0.4, 0.5) is 0 Å². The van der Waals surface area contributed by atoms with Crippen LogP contribution in [0.25, 0.3) is 0 Å². The largest absolute Gasteiger partial charge is 4.00 e. The van der Waals surface area contributed by atoms with Gasteiger partial charge in [0, 0.05) is 0 Å². The van der Waals surface area contributed by atoms with Crippen LogP contribution in [-0.2, 0) is 31.8 Å². The zero-order valence-electron chi connectivity index (χ0n) is 5.11. The molecule has 5 nitrogen and oxygen atoms in total. The molecule has 0 N–H and O–H groups in total. The summed E-state index contributed by atoms with van der Waals surface area (Å²) in [5.41, 5.74) is 0. The summed E-state index contributed by atoms with van der Waals surface area (Å²) < 4.78 is 8.55. The van der Waals surface area contributed by atoms with Crippen LogP contribution >= 0.6 is 7.82 Å². The van der Waals surface area contributed by atoms with Crippen LogP contribution in [0.3, 0.4) is 0 Å². The second-order valence-corrected chi connectivity index (χ2v) is 1.34. The van der Waals surface area contributed by atoms with Gasteiger partial charge in [-0.25, -0.2) is 0 Å². The maximum absolute atomic E-state index is 8.55. The molecule has 0 unspecified atom stereocenters. The van der Waals surface area contributed by atoms with E-state index in [4.69, 9.17) is 19.2 Å². The molecule has 0 aliphatic rings. The van der Waals surface area contributed by atoms with E-state index in [1.165, 1.54) is 0 Å². The van der Waals surface area contributed by atoms with Gasteiger partial charge in [-0.1, -0.05) is 0 Å². The van der Waals surface area contributed by atoms with Crippen LogP contribution in [0.15, 0.2) is 0 Å². The molecular formula is Ca3O5PTi+5. The summed E-state index contributed by atoms with van der Waals surface area (Å²) in [6.07, 6.45) is 0. The molecule has 0 radical (unpaired) electrons. The first-order chi connectivity index (χ1) is 2.00. The van der Waals surface area contributed by atoms with Gasteiger partial charge in [-0.2, -0.15) is 7.82 Å². The molecule has 0 saturated heterocycles. The van der Waals surface area contributed by atoms with Crippen molar-refractivity contribution in [2.24, 2.45) is 0 Å². The van der Waals surface area contributed by atoms with E-state index in [9.17, 15) is 0 Å². The van der Waals surface area contributed by atoms with Crippen LogP contribution < -0.4 is 14.7 Å². The Morgan fingerprint density at radius 2 is 0.900 bits per heavy atom. The van der Waals surface area contributed by atoms with E-state index in [1.54, 1.807) is 0 Å². The molecule has 0 aromatic heterocycles. The smallest absolute Gasteiger partial charge is 2.00 e. The maximum atomic E-state index is 8.55. The van der Waals surface area contributed by atoms with Gasteiger partial charge in [0.1, 0.15) is 0 Å². The molecule has 0 rings (SSSR count). The fourth-order valence-corrected chi connectivity index (χ4v) is 0. The van der Waals surface area contributed by atoms with E-state index in [0.29, 0.717) is 0 Å². The zero-order valence-corrected chi connectivity index (χ0v) is 14.2. The Bertz CT molecular complexity index is 63.0. The van der Waals surface area contributed by atoms with Gasteiger partial charge < -0.3 is 24.7 Å². The molecule has 0 spiro atoms. The second kappa shape index (κ2) is 19.2. The molecule has 0 heterocycles. The van der Waals surface area contributed by atoms with Crippen molar-refractivity contribution in [3.8, 4) is 0 Å². The van der Waals surface area contributed by atoms with Gasteiger partial charge in [-0.15, -0.1) is 0 Å². The Balaban J connectivity index is -0.00000000800. The summed E-state index contributed by atoms with van der Waals surface area (Å²) >= 11 is 0. The monoisotopic (exact) mass is 279 g/mol. The molecule has 10 heteroatoms. The summed E-state index contributed by atoms with van der Waals surface area (Å²) in [6, 6.07) is 0. The van der Waals surface area contributed by atoms with Crippen molar-refractivity contribution in [3.05, 3.63) is 0 Å². The van der Waals surface area contributed by atoms with Crippen LogP contribution in [0, 0.1) is 0 Å². The first-order valence-electron chi connectivity index (χ1n) is 0.730. The average Bonchev–Trinajstić information content (AvgIpc) is 0.722. The van der Waals surface area contributed by atoms with Crippen LogP contribution in [0.2, 0.25) is 0 Å². The van der Waals surface area contributed by atoms with Crippen LogP contribution in [0.1, 0.15) is 0 Å². The third-order valence-corrected chi connectivity index (χ3v) is 0. The summed E-state index contributed by atoms with van der Waals surface area (Å²) in [5.74, 6) is 0. The molecular weight excluding hydrogens is 279 g/mol. The van der Waals surface area contributed by atoms with Crippen LogP contribution in [0.5, 0.6) is 0 Å². The van der Waals surface area contributed by atoms with Gasteiger partial charge in [0.15, 0.2) is 0 Å². The Hall–Kier alpha value is 4.56. The fraction of sp³-hybridized carbons (Fsp3) is 0. The first-order valence-corrected chi connectivity index (χ1v) is 2.19. The molecule has 0 bridgehead atoms. The minimum absolute atomic E-state index is 0. The van der Waals surface area contributed by atoms with Gasteiger partial charge in [0.25, 0.3) is 0 Å². The molecule has 0 saturated carbocycles. The van der Waals surface area contributed by atoms with Crippen molar-refractivity contribution in [1.29, 1.82) is 0 Å². The van der Waals surface area contributed by atoms with Crippen molar-refractivity contribution in [1.82, 2.24) is 0 Å². The number of hydrogen-bond acceptors (Lipinski definition) is 4. The number of phosphoric acid groups is 1. The molecule has 0 aromatic carbocycles. The third-order valence-electron chi connectivity index (χ3n) is 0. The quantitative estimate of drug-likeness (QED) is 0.331. The maximum Gasteiger partial charge on any atom is 4.00 e. The van der Waals surface area contributed by atoms with E-state index in [2.05, 4.69) is 0 Å². The van der Waals surface area contributed by atoms with E-state index in [0.717, 1.165) is 0 Å². The number of rotatable bonds is 0. The second-order valence-electron chi connectivity index (χ2n) is 0.447. The predicted molar refractivity (Wildman–Crippen MR) is 25.6 cm³/mol. The molecule has 0 aliphatic heterocycles. The standard InChI is InChI=1S/3Ca.H3O4P.O.Ti/c;;;1-5(2,3)4;;/h;;;(H3,1,2,3,4);;/q3*+2;;-2;+4/p-3. The average molecular weight is 279 g/mol.